The predicted octanol–water partition coefficient (Wildman–Crippen LogP) is 3.23. The maximum Gasteiger partial charge on any atom is 0.163 e. The standard InChI is InChI=1S/C14H17ClO3/c1-10(16)12-8-11(15)4-5-13(12)18-9-14(17)6-2-3-7-14/h4-5,8,17H,2-3,6-7,9H2,1H3. The van der Waals surface area contributed by atoms with Crippen molar-refractivity contribution in [3.05, 3.63) is 28.8 Å². The molecule has 0 atom stereocenters. The summed E-state index contributed by atoms with van der Waals surface area (Å²) in [5.41, 5.74) is -0.280. The largest absolute Gasteiger partial charge is 0.490 e. The zero-order chi connectivity index (χ0) is 13.2. The summed E-state index contributed by atoms with van der Waals surface area (Å²) in [5, 5.41) is 10.7. The van der Waals surface area contributed by atoms with Crippen molar-refractivity contribution in [2.24, 2.45) is 0 Å². The minimum atomic E-state index is -0.742. The zero-order valence-corrected chi connectivity index (χ0v) is 11.2. The fourth-order valence-electron chi connectivity index (χ4n) is 2.29. The van der Waals surface area contributed by atoms with E-state index in [0.29, 0.717) is 16.3 Å². The molecule has 0 saturated heterocycles. The number of rotatable bonds is 4. The van der Waals surface area contributed by atoms with Crippen molar-refractivity contribution in [3.63, 3.8) is 0 Å². The topological polar surface area (TPSA) is 46.5 Å². The van der Waals surface area contributed by atoms with Gasteiger partial charge in [0.25, 0.3) is 0 Å². The van der Waals surface area contributed by atoms with Crippen LogP contribution in [0.1, 0.15) is 43.0 Å². The number of ketones is 1. The lowest BCUT2D eigenvalue weighted by molar-refractivity contribution is 0.00116. The number of ether oxygens (including phenoxy) is 1. The van der Waals surface area contributed by atoms with Crippen LogP contribution in [0.4, 0.5) is 0 Å². The van der Waals surface area contributed by atoms with Crippen molar-refractivity contribution in [2.45, 2.75) is 38.2 Å². The number of Topliss-reactive ketones (excluding diaryl/α,β-unsaturated/α-hetero) is 1. The summed E-state index contributed by atoms with van der Waals surface area (Å²) in [6, 6.07) is 4.96. The first-order valence-corrected chi connectivity index (χ1v) is 6.54. The van der Waals surface area contributed by atoms with Gasteiger partial charge in [-0.15, -0.1) is 0 Å². The maximum atomic E-state index is 11.5. The average Bonchev–Trinajstić information content (AvgIpc) is 2.75. The van der Waals surface area contributed by atoms with Crippen LogP contribution in [0.5, 0.6) is 5.75 Å². The lowest BCUT2D eigenvalue weighted by Gasteiger charge is -2.22. The van der Waals surface area contributed by atoms with Crippen LogP contribution in [0.2, 0.25) is 5.02 Å². The number of benzene rings is 1. The predicted molar refractivity (Wildman–Crippen MR) is 70.4 cm³/mol. The van der Waals surface area contributed by atoms with E-state index in [1.54, 1.807) is 18.2 Å². The molecule has 2 rings (SSSR count). The fraction of sp³-hybridized carbons (Fsp3) is 0.500. The molecular weight excluding hydrogens is 252 g/mol. The van der Waals surface area contributed by atoms with Gasteiger partial charge in [-0.2, -0.15) is 0 Å². The molecule has 0 radical (unpaired) electrons. The van der Waals surface area contributed by atoms with Crippen molar-refractivity contribution in [1.82, 2.24) is 0 Å². The Balaban J connectivity index is 2.11. The average molecular weight is 269 g/mol. The Bertz CT molecular complexity index is 450. The molecule has 1 N–H and O–H groups in total. The summed E-state index contributed by atoms with van der Waals surface area (Å²) in [6.45, 7) is 1.71. The molecular formula is C14H17ClO3. The second kappa shape index (κ2) is 5.29. The van der Waals surface area contributed by atoms with E-state index in [-0.39, 0.29) is 12.4 Å². The van der Waals surface area contributed by atoms with Crippen LogP contribution in [0.15, 0.2) is 18.2 Å². The molecule has 0 unspecified atom stereocenters. The second-order valence-electron chi connectivity index (χ2n) is 4.92. The molecule has 1 saturated carbocycles. The van der Waals surface area contributed by atoms with E-state index >= 15 is 0 Å². The first-order chi connectivity index (χ1) is 8.50. The zero-order valence-electron chi connectivity index (χ0n) is 10.4. The molecule has 0 amide bonds. The van der Waals surface area contributed by atoms with Crippen molar-refractivity contribution < 1.29 is 14.6 Å². The SMILES string of the molecule is CC(=O)c1cc(Cl)ccc1OCC1(O)CCCC1. The monoisotopic (exact) mass is 268 g/mol. The number of hydrogen-bond donors (Lipinski definition) is 1. The first-order valence-electron chi connectivity index (χ1n) is 6.16. The van der Waals surface area contributed by atoms with Gasteiger partial charge in [-0.3, -0.25) is 4.79 Å². The molecule has 1 aromatic rings. The van der Waals surface area contributed by atoms with Gasteiger partial charge in [0, 0.05) is 5.02 Å². The van der Waals surface area contributed by atoms with Gasteiger partial charge in [-0.05, 0) is 38.0 Å². The van der Waals surface area contributed by atoms with E-state index in [4.69, 9.17) is 16.3 Å². The van der Waals surface area contributed by atoms with Gasteiger partial charge in [-0.1, -0.05) is 24.4 Å². The van der Waals surface area contributed by atoms with Gasteiger partial charge in [0.1, 0.15) is 12.4 Å². The van der Waals surface area contributed by atoms with Gasteiger partial charge in [0.05, 0.1) is 11.2 Å². The number of hydrogen-bond acceptors (Lipinski definition) is 3. The molecule has 0 heterocycles. The van der Waals surface area contributed by atoms with Crippen molar-refractivity contribution in [2.75, 3.05) is 6.61 Å². The van der Waals surface area contributed by atoms with E-state index in [9.17, 15) is 9.90 Å². The molecule has 98 valence electrons. The number of carbonyl (C=O) groups is 1. The van der Waals surface area contributed by atoms with Crippen LogP contribution in [-0.4, -0.2) is 23.1 Å². The van der Waals surface area contributed by atoms with Gasteiger partial charge < -0.3 is 9.84 Å². The van der Waals surface area contributed by atoms with Crippen LogP contribution < -0.4 is 4.74 Å². The normalized spacial score (nSPS) is 17.7. The Morgan fingerprint density at radius 3 is 2.72 bits per heavy atom. The highest BCUT2D eigenvalue weighted by molar-refractivity contribution is 6.31. The van der Waals surface area contributed by atoms with E-state index in [2.05, 4.69) is 0 Å². The van der Waals surface area contributed by atoms with Crippen molar-refractivity contribution >= 4 is 17.4 Å². The Labute approximate surface area is 112 Å². The molecule has 1 aliphatic carbocycles. The van der Waals surface area contributed by atoms with Crippen LogP contribution >= 0.6 is 11.6 Å². The quantitative estimate of drug-likeness (QED) is 0.853. The van der Waals surface area contributed by atoms with E-state index in [1.165, 1.54) is 6.92 Å². The van der Waals surface area contributed by atoms with E-state index in [0.717, 1.165) is 25.7 Å². The number of halogens is 1. The van der Waals surface area contributed by atoms with Gasteiger partial charge in [0.15, 0.2) is 5.78 Å². The first kappa shape index (κ1) is 13.4. The third-order valence-corrected chi connectivity index (χ3v) is 3.59. The number of aliphatic hydroxyl groups is 1. The summed E-state index contributed by atoms with van der Waals surface area (Å²) in [4.78, 5) is 11.5. The third-order valence-electron chi connectivity index (χ3n) is 3.35. The molecule has 4 heteroatoms. The minimum absolute atomic E-state index is 0.0917. The molecule has 0 aliphatic heterocycles. The summed E-state index contributed by atoms with van der Waals surface area (Å²) in [6.07, 6.45) is 3.58. The molecule has 0 aromatic heterocycles. The highest BCUT2D eigenvalue weighted by Gasteiger charge is 2.32. The molecule has 1 aliphatic rings. The molecule has 1 fully saturated rings. The molecule has 3 nitrogen and oxygen atoms in total. The number of carbonyl (C=O) groups excluding carboxylic acids is 1. The van der Waals surface area contributed by atoms with E-state index < -0.39 is 5.60 Å². The van der Waals surface area contributed by atoms with Gasteiger partial charge >= 0.3 is 0 Å². The lowest BCUT2D eigenvalue weighted by Crippen LogP contribution is -2.32. The van der Waals surface area contributed by atoms with Crippen molar-refractivity contribution in [3.8, 4) is 5.75 Å². The van der Waals surface area contributed by atoms with E-state index in [1.807, 2.05) is 0 Å². The molecule has 0 bridgehead atoms. The maximum absolute atomic E-state index is 11.5. The lowest BCUT2D eigenvalue weighted by atomic mass is 10.0. The van der Waals surface area contributed by atoms with Gasteiger partial charge in [0.2, 0.25) is 0 Å². The Hall–Kier alpha value is -1.06. The summed E-state index contributed by atoms with van der Waals surface area (Å²) in [7, 11) is 0. The Morgan fingerprint density at radius 1 is 1.44 bits per heavy atom. The highest BCUT2D eigenvalue weighted by Crippen LogP contribution is 2.31. The van der Waals surface area contributed by atoms with Crippen LogP contribution in [0.25, 0.3) is 0 Å². The smallest absolute Gasteiger partial charge is 0.163 e. The molecule has 18 heavy (non-hydrogen) atoms. The Morgan fingerprint density at radius 2 is 2.11 bits per heavy atom. The van der Waals surface area contributed by atoms with Gasteiger partial charge in [-0.25, -0.2) is 0 Å². The van der Waals surface area contributed by atoms with Crippen molar-refractivity contribution in [1.29, 1.82) is 0 Å². The third kappa shape index (κ3) is 3.03. The summed E-state index contributed by atoms with van der Waals surface area (Å²) >= 11 is 5.86. The minimum Gasteiger partial charge on any atom is -0.490 e. The second-order valence-corrected chi connectivity index (χ2v) is 5.35. The Kier molecular flexibility index (Phi) is 3.93. The van der Waals surface area contributed by atoms with Crippen LogP contribution in [0.3, 0.4) is 0 Å². The molecule has 0 spiro atoms. The van der Waals surface area contributed by atoms with Crippen LogP contribution in [-0.2, 0) is 0 Å². The highest BCUT2D eigenvalue weighted by atomic mass is 35.5. The fourth-order valence-corrected chi connectivity index (χ4v) is 2.46. The molecule has 1 aromatic carbocycles. The summed E-state index contributed by atoms with van der Waals surface area (Å²) < 4.78 is 5.61. The van der Waals surface area contributed by atoms with Crippen LogP contribution in [0, 0.1) is 0 Å². The summed E-state index contributed by atoms with van der Waals surface area (Å²) in [5.74, 6) is 0.401.